The first-order chi connectivity index (χ1) is 7.62. The number of halogens is 1. The van der Waals surface area contributed by atoms with Crippen LogP contribution in [0.15, 0.2) is 18.3 Å². The first kappa shape index (κ1) is 10.1. The van der Waals surface area contributed by atoms with Crippen molar-refractivity contribution >= 4 is 22.8 Å². The molecule has 2 aromatic heterocycles. The molecule has 1 saturated carbocycles. The monoisotopic (exact) mass is 235 g/mol. The summed E-state index contributed by atoms with van der Waals surface area (Å²) < 4.78 is 2.22. The third kappa shape index (κ3) is 1.34. The summed E-state index contributed by atoms with van der Waals surface area (Å²) in [7, 11) is 0. The second-order valence-corrected chi connectivity index (χ2v) is 5.42. The average Bonchev–Trinajstić information content (AvgIpc) is 2.87. The Morgan fingerprint density at radius 2 is 2.25 bits per heavy atom. The van der Waals surface area contributed by atoms with E-state index in [1.165, 1.54) is 12.8 Å². The molecule has 1 unspecified atom stereocenters. The van der Waals surface area contributed by atoms with E-state index in [4.69, 9.17) is 11.6 Å². The Morgan fingerprint density at radius 3 is 2.88 bits per heavy atom. The maximum absolute atomic E-state index is 6.20. The molecule has 0 saturated heterocycles. The number of nitrogens with zero attached hydrogens (tertiary/aromatic N) is 3. The van der Waals surface area contributed by atoms with Crippen LogP contribution in [0.2, 0.25) is 0 Å². The molecule has 1 atom stereocenters. The van der Waals surface area contributed by atoms with Gasteiger partial charge in [0.2, 0.25) is 0 Å². The molecule has 0 N–H and O–H groups in total. The number of fused-ring (bicyclic) bond motifs is 1. The van der Waals surface area contributed by atoms with Gasteiger partial charge in [0.15, 0.2) is 5.65 Å². The molecule has 0 amide bonds. The first-order valence-electron chi connectivity index (χ1n) is 5.60. The average molecular weight is 236 g/mol. The van der Waals surface area contributed by atoms with E-state index >= 15 is 0 Å². The van der Waals surface area contributed by atoms with Gasteiger partial charge in [-0.2, -0.15) is 0 Å². The fourth-order valence-electron chi connectivity index (χ4n) is 2.13. The lowest BCUT2D eigenvalue weighted by Gasteiger charge is -2.16. The summed E-state index contributed by atoms with van der Waals surface area (Å²) in [4.78, 5) is 9.02. The van der Waals surface area contributed by atoms with E-state index in [1.807, 2.05) is 25.3 Å². The maximum Gasteiger partial charge on any atom is 0.160 e. The van der Waals surface area contributed by atoms with Crippen LogP contribution < -0.4 is 0 Å². The Labute approximate surface area is 99.5 Å². The molecule has 0 aromatic carbocycles. The Bertz CT molecular complexity index is 540. The van der Waals surface area contributed by atoms with Gasteiger partial charge in [-0.25, -0.2) is 9.97 Å². The molecule has 0 bridgehead atoms. The quantitative estimate of drug-likeness (QED) is 0.749. The summed E-state index contributed by atoms with van der Waals surface area (Å²) in [5.74, 6) is 0.940. The van der Waals surface area contributed by atoms with E-state index in [-0.39, 0.29) is 10.9 Å². The molecule has 4 heteroatoms. The minimum atomic E-state index is -0.0772. The van der Waals surface area contributed by atoms with Crippen LogP contribution in [0.4, 0.5) is 0 Å². The molecule has 3 rings (SSSR count). The molecule has 2 heterocycles. The lowest BCUT2D eigenvalue weighted by atomic mass is 10.3. The summed E-state index contributed by atoms with van der Waals surface area (Å²) in [5.41, 5.74) is 2.09. The molecule has 84 valence electrons. The third-order valence-corrected chi connectivity index (χ3v) is 3.51. The summed E-state index contributed by atoms with van der Waals surface area (Å²) >= 11 is 6.20. The molecule has 0 aliphatic heterocycles. The van der Waals surface area contributed by atoms with Crippen molar-refractivity contribution in [2.24, 2.45) is 0 Å². The second kappa shape index (κ2) is 3.20. The van der Waals surface area contributed by atoms with Crippen LogP contribution in [0.25, 0.3) is 11.2 Å². The van der Waals surface area contributed by atoms with Crippen LogP contribution in [0.1, 0.15) is 37.9 Å². The van der Waals surface area contributed by atoms with Gasteiger partial charge in [0, 0.05) is 11.7 Å². The van der Waals surface area contributed by atoms with Gasteiger partial charge in [-0.15, -0.1) is 11.6 Å². The van der Waals surface area contributed by atoms with Crippen molar-refractivity contribution in [3.05, 3.63) is 24.2 Å². The number of alkyl halides is 1. The van der Waals surface area contributed by atoms with Gasteiger partial charge in [-0.05, 0) is 38.8 Å². The Kier molecular flexibility index (Phi) is 2.02. The van der Waals surface area contributed by atoms with E-state index in [1.54, 1.807) is 0 Å². The van der Waals surface area contributed by atoms with Gasteiger partial charge in [0.25, 0.3) is 0 Å². The van der Waals surface area contributed by atoms with Gasteiger partial charge >= 0.3 is 0 Å². The van der Waals surface area contributed by atoms with Crippen LogP contribution in [-0.4, -0.2) is 14.5 Å². The SMILES string of the molecule is CC(Cl)c1nc2cccnc2n1C1(C)CC1. The van der Waals surface area contributed by atoms with Crippen molar-refractivity contribution in [1.29, 1.82) is 0 Å². The van der Waals surface area contributed by atoms with E-state index in [0.29, 0.717) is 0 Å². The minimum absolute atomic E-state index is 0.0772. The highest BCUT2D eigenvalue weighted by molar-refractivity contribution is 6.20. The molecule has 1 aliphatic carbocycles. The molecular weight excluding hydrogens is 222 g/mol. The Hall–Kier alpha value is -1.09. The molecule has 3 nitrogen and oxygen atoms in total. The van der Waals surface area contributed by atoms with Gasteiger partial charge < -0.3 is 4.57 Å². The standard InChI is InChI=1S/C12H14ClN3/c1-8(13)10-15-9-4-3-7-14-11(9)16(10)12(2)5-6-12/h3-4,7-8H,5-6H2,1-2H3. The number of hydrogen-bond acceptors (Lipinski definition) is 2. The number of hydrogen-bond donors (Lipinski definition) is 0. The van der Waals surface area contributed by atoms with Crippen LogP contribution in [-0.2, 0) is 5.54 Å². The van der Waals surface area contributed by atoms with Crippen molar-refractivity contribution in [3.8, 4) is 0 Å². The normalized spacial score (nSPS) is 19.9. The molecule has 0 spiro atoms. The zero-order valence-corrected chi connectivity index (χ0v) is 10.2. The van der Waals surface area contributed by atoms with Crippen molar-refractivity contribution in [2.45, 2.75) is 37.6 Å². The third-order valence-electron chi connectivity index (χ3n) is 3.31. The zero-order valence-electron chi connectivity index (χ0n) is 9.44. The summed E-state index contributed by atoms with van der Waals surface area (Å²) in [6.45, 7) is 4.20. The van der Waals surface area contributed by atoms with Crippen LogP contribution >= 0.6 is 11.6 Å². The Morgan fingerprint density at radius 1 is 1.50 bits per heavy atom. The van der Waals surface area contributed by atoms with E-state index in [9.17, 15) is 0 Å². The van der Waals surface area contributed by atoms with Gasteiger partial charge in [-0.3, -0.25) is 0 Å². The summed E-state index contributed by atoms with van der Waals surface area (Å²) in [6.07, 6.45) is 4.19. The van der Waals surface area contributed by atoms with E-state index in [0.717, 1.165) is 17.0 Å². The number of imidazole rings is 1. The van der Waals surface area contributed by atoms with Gasteiger partial charge in [0.05, 0.1) is 5.38 Å². The minimum Gasteiger partial charge on any atom is -0.306 e. The highest BCUT2D eigenvalue weighted by atomic mass is 35.5. The van der Waals surface area contributed by atoms with Gasteiger partial charge in [0.1, 0.15) is 11.3 Å². The van der Waals surface area contributed by atoms with Crippen molar-refractivity contribution < 1.29 is 0 Å². The predicted molar refractivity (Wildman–Crippen MR) is 64.7 cm³/mol. The molecule has 16 heavy (non-hydrogen) atoms. The number of pyridine rings is 1. The van der Waals surface area contributed by atoms with E-state index < -0.39 is 0 Å². The van der Waals surface area contributed by atoms with Crippen molar-refractivity contribution in [3.63, 3.8) is 0 Å². The van der Waals surface area contributed by atoms with E-state index in [2.05, 4.69) is 21.5 Å². The van der Waals surface area contributed by atoms with Gasteiger partial charge in [-0.1, -0.05) is 0 Å². The summed E-state index contributed by atoms with van der Waals surface area (Å²) in [5, 5.41) is -0.0772. The number of rotatable bonds is 2. The fraction of sp³-hybridized carbons (Fsp3) is 0.500. The fourth-order valence-corrected chi connectivity index (χ4v) is 2.28. The van der Waals surface area contributed by atoms with Crippen LogP contribution in [0, 0.1) is 0 Å². The molecule has 1 aliphatic rings. The first-order valence-corrected chi connectivity index (χ1v) is 6.03. The topological polar surface area (TPSA) is 30.7 Å². The lowest BCUT2D eigenvalue weighted by molar-refractivity contribution is 0.519. The predicted octanol–water partition coefficient (Wildman–Crippen LogP) is 3.24. The maximum atomic E-state index is 6.20. The lowest BCUT2D eigenvalue weighted by Crippen LogP contribution is -2.16. The molecule has 2 aromatic rings. The smallest absolute Gasteiger partial charge is 0.160 e. The van der Waals surface area contributed by atoms with Crippen LogP contribution in [0.5, 0.6) is 0 Å². The molecule has 1 fully saturated rings. The van der Waals surface area contributed by atoms with Crippen LogP contribution in [0.3, 0.4) is 0 Å². The number of aromatic nitrogens is 3. The highest BCUT2D eigenvalue weighted by Crippen LogP contribution is 2.46. The molecule has 0 radical (unpaired) electrons. The second-order valence-electron chi connectivity index (χ2n) is 4.76. The van der Waals surface area contributed by atoms with Crippen molar-refractivity contribution in [1.82, 2.24) is 14.5 Å². The largest absolute Gasteiger partial charge is 0.306 e. The summed E-state index contributed by atoms with van der Waals surface area (Å²) in [6, 6.07) is 3.91. The zero-order chi connectivity index (χ0) is 11.3. The van der Waals surface area contributed by atoms with Crippen molar-refractivity contribution in [2.75, 3.05) is 0 Å². The Balaban J connectivity index is 2.32. The molecular formula is C12H14ClN3. The highest BCUT2D eigenvalue weighted by Gasteiger charge is 2.42.